The molecule has 4 rings (SSSR count). The second-order valence-electron chi connectivity index (χ2n) is 7.53. The number of alkyl halides is 3. The highest BCUT2D eigenvalue weighted by molar-refractivity contribution is 6.00. The molecule has 1 aromatic heterocycles. The molecule has 2 amide bonds. The monoisotopic (exact) mass is 441 g/mol. The Labute approximate surface area is 183 Å². The lowest BCUT2D eigenvalue weighted by atomic mass is 10.1. The van der Waals surface area contributed by atoms with E-state index in [1.807, 2.05) is 18.2 Å². The van der Waals surface area contributed by atoms with Gasteiger partial charge in [-0.2, -0.15) is 13.2 Å². The third-order valence-electron chi connectivity index (χ3n) is 5.23. The molecule has 6 nitrogen and oxygen atoms in total. The molecule has 1 fully saturated rings. The fraction of sp³-hybridized carbons (Fsp3) is 0.261. The lowest BCUT2D eigenvalue weighted by Gasteiger charge is -2.27. The number of benzene rings is 2. The third-order valence-corrected chi connectivity index (χ3v) is 5.23. The molecule has 9 heteroatoms. The molecule has 2 aromatic carbocycles. The Morgan fingerprint density at radius 2 is 1.66 bits per heavy atom. The summed E-state index contributed by atoms with van der Waals surface area (Å²) in [6.45, 7) is 1.94. The first-order valence-electron chi connectivity index (χ1n) is 10.3. The van der Waals surface area contributed by atoms with Crippen molar-refractivity contribution in [3.63, 3.8) is 0 Å². The maximum absolute atomic E-state index is 13.1. The Kier molecular flexibility index (Phi) is 6.25. The fourth-order valence-electron chi connectivity index (χ4n) is 3.65. The molecule has 2 heterocycles. The van der Waals surface area contributed by atoms with Crippen LogP contribution in [0, 0.1) is 0 Å². The molecule has 0 bridgehead atoms. The number of urea groups is 1. The van der Waals surface area contributed by atoms with E-state index in [0.717, 1.165) is 43.4 Å². The van der Waals surface area contributed by atoms with Gasteiger partial charge in [0.15, 0.2) is 5.82 Å². The number of halogens is 3. The Morgan fingerprint density at radius 1 is 0.875 bits per heavy atom. The van der Waals surface area contributed by atoms with Gasteiger partial charge >= 0.3 is 12.2 Å². The predicted octanol–water partition coefficient (Wildman–Crippen LogP) is 5.80. The lowest BCUT2D eigenvalue weighted by molar-refractivity contribution is -0.136. The highest BCUT2D eigenvalue weighted by atomic mass is 19.4. The molecule has 2 N–H and O–H groups in total. The number of hydrogen-bond donors (Lipinski definition) is 2. The van der Waals surface area contributed by atoms with E-state index in [4.69, 9.17) is 0 Å². The largest absolute Gasteiger partial charge is 0.418 e. The first-order chi connectivity index (χ1) is 15.4. The number of amides is 2. The number of para-hydroxylation sites is 1. The van der Waals surface area contributed by atoms with Crippen LogP contribution in [0.4, 0.5) is 35.2 Å². The van der Waals surface area contributed by atoms with Crippen LogP contribution < -0.4 is 15.5 Å². The van der Waals surface area contributed by atoms with E-state index in [1.54, 1.807) is 18.2 Å². The van der Waals surface area contributed by atoms with E-state index < -0.39 is 17.8 Å². The van der Waals surface area contributed by atoms with Gasteiger partial charge in [0.25, 0.3) is 0 Å². The summed E-state index contributed by atoms with van der Waals surface area (Å²) in [6, 6.07) is 14.7. The SMILES string of the molecule is O=C(Nc1cccc(-c2ccc(N3CCCCC3)nn2)c1)Nc1ccccc1C(F)(F)F. The molecule has 3 aromatic rings. The van der Waals surface area contributed by atoms with Gasteiger partial charge in [-0.1, -0.05) is 24.3 Å². The number of carbonyl (C=O) groups excluding carboxylic acids is 1. The maximum Gasteiger partial charge on any atom is 0.418 e. The molecule has 1 saturated heterocycles. The van der Waals surface area contributed by atoms with Gasteiger partial charge in [0, 0.05) is 24.3 Å². The topological polar surface area (TPSA) is 70.2 Å². The molecular formula is C23H22F3N5O. The van der Waals surface area contributed by atoms with E-state index in [0.29, 0.717) is 11.4 Å². The van der Waals surface area contributed by atoms with Gasteiger partial charge in [-0.15, -0.1) is 10.2 Å². The number of nitrogens with zero attached hydrogens (tertiary/aromatic N) is 3. The number of hydrogen-bond acceptors (Lipinski definition) is 4. The van der Waals surface area contributed by atoms with Crippen molar-refractivity contribution >= 4 is 23.2 Å². The van der Waals surface area contributed by atoms with Gasteiger partial charge in [-0.05, 0) is 55.7 Å². The van der Waals surface area contributed by atoms with Crippen LogP contribution >= 0.6 is 0 Å². The zero-order valence-corrected chi connectivity index (χ0v) is 17.2. The Hall–Kier alpha value is -3.62. The first kappa shape index (κ1) is 21.6. The van der Waals surface area contributed by atoms with Crippen molar-refractivity contribution in [1.29, 1.82) is 0 Å². The van der Waals surface area contributed by atoms with Crippen molar-refractivity contribution < 1.29 is 18.0 Å². The molecule has 0 unspecified atom stereocenters. The zero-order valence-electron chi connectivity index (χ0n) is 17.2. The molecule has 0 aliphatic carbocycles. The highest BCUT2D eigenvalue weighted by Gasteiger charge is 2.33. The molecule has 1 aliphatic heterocycles. The van der Waals surface area contributed by atoms with E-state index in [1.165, 1.54) is 24.6 Å². The predicted molar refractivity (Wildman–Crippen MR) is 118 cm³/mol. The molecule has 166 valence electrons. The van der Waals surface area contributed by atoms with E-state index in [9.17, 15) is 18.0 Å². The van der Waals surface area contributed by atoms with Crippen LogP contribution in [0.3, 0.4) is 0 Å². The van der Waals surface area contributed by atoms with Crippen LogP contribution in [0.5, 0.6) is 0 Å². The van der Waals surface area contributed by atoms with Crippen LogP contribution in [-0.4, -0.2) is 29.3 Å². The van der Waals surface area contributed by atoms with Crippen LogP contribution in [-0.2, 0) is 6.18 Å². The average Bonchev–Trinajstić information content (AvgIpc) is 2.79. The fourth-order valence-corrected chi connectivity index (χ4v) is 3.65. The number of carbonyl (C=O) groups is 1. The maximum atomic E-state index is 13.1. The number of aromatic nitrogens is 2. The van der Waals surface area contributed by atoms with Crippen molar-refractivity contribution in [2.24, 2.45) is 0 Å². The minimum absolute atomic E-state index is 0.312. The molecule has 32 heavy (non-hydrogen) atoms. The summed E-state index contributed by atoms with van der Waals surface area (Å²) in [6.07, 6.45) is -1.04. The highest BCUT2D eigenvalue weighted by Crippen LogP contribution is 2.34. The van der Waals surface area contributed by atoms with Gasteiger partial charge in [0.1, 0.15) is 0 Å². The molecule has 0 radical (unpaired) electrons. The van der Waals surface area contributed by atoms with Crippen molar-refractivity contribution in [1.82, 2.24) is 10.2 Å². The van der Waals surface area contributed by atoms with Crippen LogP contribution in [0.2, 0.25) is 0 Å². The van der Waals surface area contributed by atoms with Crippen LogP contribution in [0.25, 0.3) is 11.3 Å². The van der Waals surface area contributed by atoms with Crippen LogP contribution in [0.1, 0.15) is 24.8 Å². The minimum atomic E-state index is -4.57. The van der Waals surface area contributed by atoms with Crippen LogP contribution in [0.15, 0.2) is 60.7 Å². The molecule has 1 aliphatic rings. The van der Waals surface area contributed by atoms with Gasteiger partial charge in [-0.25, -0.2) is 4.79 Å². The third kappa shape index (κ3) is 5.16. The summed E-state index contributed by atoms with van der Waals surface area (Å²) >= 11 is 0. The first-order valence-corrected chi connectivity index (χ1v) is 10.3. The molecule has 0 spiro atoms. The minimum Gasteiger partial charge on any atom is -0.355 e. The second-order valence-corrected chi connectivity index (χ2v) is 7.53. The number of anilines is 3. The lowest BCUT2D eigenvalue weighted by Crippen LogP contribution is -2.30. The van der Waals surface area contributed by atoms with E-state index in [-0.39, 0.29) is 5.69 Å². The standard InChI is InChI=1S/C23H22F3N5O/c24-23(25,26)18-9-2-3-10-20(18)28-22(32)27-17-8-6-7-16(15-17)19-11-12-21(30-29-19)31-13-4-1-5-14-31/h2-3,6-12,15H,1,4-5,13-14H2,(H2,27,28,32). The smallest absolute Gasteiger partial charge is 0.355 e. The summed E-state index contributed by atoms with van der Waals surface area (Å²) in [4.78, 5) is 14.5. The molecule has 0 atom stereocenters. The van der Waals surface area contributed by atoms with E-state index >= 15 is 0 Å². The second kappa shape index (κ2) is 9.25. The summed E-state index contributed by atoms with van der Waals surface area (Å²) in [5.74, 6) is 0.838. The van der Waals surface area contributed by atoms with E-state index in [2.05, 4.69) is 25.7 Å². The van der Waals surface area contributed by atoms with Gasteiger partial charge in [0.05, 0.1) is 16.9 Å². The Balaban J connectivity index is 1.45. The van der Waals surface area contributed by atoms with Crippen molar-refractivity contribution in [2.75, 3.05) is 28.6 Å². The van der Waals surface area contributed by atoms with Crippen molar-refractivity contribution in [3.05, 3.63) is 66.2 Å². The Bertz CT molecular complexity index is 1080. The normalized spacial score (nSPS) is 14.2. The van der Waals surface area contributed by atoms with Gasteiger partial charge < -0.3 is 15.5 Å². The number of piperidine rings is 1. The van der Waals surface area contributed by atoms with Gasteiger partial charge in [0.2, 0.25) is 0 Å². The molecular weight excluding hydrogens is 419 g/mol. The number of nitrogens with one attached hydrogen (secondary N) is 2. The molecule has 0 saturated carbocycles. The average molecular weight is 441 g/mol. The quantitative estimate of drug-likeness (QED) is 0.537. The summed E-state index contributed by atoms with van der Waals surface area (Å²) in [5.41, 5.74) is 0.570. The van der Waals surface area contributed by atoms with Crippen molar-refractivity contribution in [2.45, 2.75) is 25.4 Å². The summed E-state index contributed by atoms with van der Waals surface area (Å²) in [7, 11) is 0. The van der Waals surface area contributed by atoms with Gasteiger partial charge in [-0.3, -0.25) is 0 Å². The van der Waals surface area contributed by atoms with Crippen molar-refractivity contribution in [3.8, 4) is 11.3 Å². The summed E-state index contributed by atoms with van der Waals surface area (Å²) in [5, 5.41) is 13.5. The zero-order chi connectivity index (χ0) is 22.6. The Morgan fingerprint density at radius 3 is 2.38 bits per heavy atom. The summed E-state index contributed by atoms with van der Waals surface area (Å²) < 4.78 is 39.4. The number of rotatable bonds is 4.